The van der Waals surface area contributed by atoms with Crippen LogP contribution in [0.3, 0.4) is 0 Å². The molecule has 2 heteroatoms. The zero-order valence-corrected chi connectivity index (χ0v) is 13.2. The van der Waals surface area contributed by atoms with Crippen LogP contribution in [0.4, 0.5) is 0 Å². The Labute approximate surface area is 123 Å². The van der Waals surface area contributed by atoms with Crippen molar-refractivity contribution in [2.45, 2.75) is 46.6 Å². The van der Waals surface area contributed by atoms with Gasteiger partial charge in [0.25, 0.3) is 0 Å². The van der Waals surface area contributed by atoms with Crippen molar-refractivity contribution in [2.75, 3.05) is 13.1 Å². The third-order valence-electron chi connectivity index (χ3n) is 3.98. The summed E-state index contributed by atoms with van der Waals surface area (Å²) >= 11 is 0. The molecule has 2 nitrogen and oxygen atoms in total. The molecular formula is C18H28N2. The summed E-state index contributed by atoms with van der Waals surface area (Å²) in [6.07, 6.45) is 6.06. The molecule has 2 rings (SSSR count). The predicted molar refractivity (Wildman–Crippen MR) is 88.3 cm³/mol. The molecule has 0 saturated carbocycles. The van der Waals surface area contributed by atoms with Gasteiger partial charge in [0, 0.05) is 23.6 Å². The molecule has 2 aromatic rings. The molecule has 1 atom stereocenters. The zero-order valence-electron chi connectivity index (χ0n) is 13.2. The maximum Gasteiger partial charge on any atom is 0.0483 e. The zero-order chi connectivity index (χ0) is 14.4. The number of hydrogen-bond donors (Lipinski definition) is 1. The molecule has 1 unspecified atom stereocenters. The number of hydrogen-bond acceptors (Lipinski definition) is 1. The van der Waals surface area contributed by atoms with Gasteiger partial charge in [-0.3, -0.25) is 0 Å². The van der Waals surface area contributed by atoms with E-state index >= 15 is 0 Å². The molecule has 1 aromatic heterocycles. The van der Waals surface area contributed by atoms with Gasteiger partial charge in [-0.25, -0.2) is 0 Å². The molecule has 0 bridgehead atoms. The largest absolute Gasteiger partial charge is 0.347 e. The summed E-state index contributed by atoms with van der Waals surface area (Å²) in [6.45, 7) is 10.0. The van der Waals surface area contributed by atoms with E-state index in [-0.39, 0.29) is 0 Å². The Hall–Kier alpha value is -1.28. The lowest BCUT2D eigenvalue weighted by Crippen LogP contribution is -2.15. The molecule has 1 aromatic carbocycles. The molecule has 0 aliphatic rings. The Morgan fingerprint density at radius 3 is 2.75 bits per heavy atom. The summed E-state index contributed by atoms with van der Waals surface area (Å²) in [5.41, 5.74) is 2.87. The molecule has 1 heterocycles. The number of para-hydroxylation sites is 1. The van der Waals surface area contributed by atoms with E-state index in [1.54, 1.807) is 0 Å². The van der Waals surface area contributed by atoms with Crippen LogP contribution < -0.4 is 5.32 Å². The van der Waals surface area contributed by atoms with E-state index in [0.717, 1.165) is 32.0 Å². The van der Waals surface area contributed by atoms with Crippen LogP contribution in [0.2, 0.25) is 0 Å². The molecule has 0 aliphatic carbocycles. The normalized spacial score (nSPS) is 12.9. The minimum Gasteiger partial charge on any atom is -0.347 e. The lowest BCUT2D eigenvalue weighted by molar-refractivity contribution is 0.453. The molecule has 0 spiro atoms. The van der Waals surface area contributed by atoms with Gasteiger partial charge in [-0.2, -0.15) is 0 Å². The molecule has 20 heavy (non-hydrogen) atoms. The summed E-state index contributed by atoms with van der Waals surface area (Å²) in [4.78, 5) is 0. The number of fused-ring (bicyclic) bond motifs is 1. The fourth-order valence-corrected chi connectivity index (χ4v) is 2.99. The Kier molecular flexibility index (Phi) is 5.66. The summed E-state index contributed by atoms with van der Waals surface area (Å²) in [5.74, 6) is 0.748. The van der Waals surface area contributed by atoms with Gasteiger partial charge < -0.3 is 9.88 Å². The fraction of sp³-hybridized carbons (Fsp3) is 0.556. The second-order valence-corrected chi connectivity index (χ2v) is 5.82. The quantitative estimate of drug-likeness (QED) is 0.712. The van der Waals surface area contributed by atoms with E-state index in [1.165, 1.54) is 29.3 Å². The number of rotatable bonds is 8. The molecule has 110 valence electrons. The number of nitrogens with one attached hydrogen (secondary N) is 1. The first-order chi connectivity index (χ1) is 9.76. The van der Waals surface area contributed by atoms with Crippen molar-refractivity contribution < 1.29 is 0 Å². The lowest BCUT2D eigenvalue weighted by atomic mass is 10.1. The summed E-state index contributed by atoms with van der Waals surface area (Å²) < 4.78 is 2.46. The van der Waals surface area contributed by atoms with Gasteiger partial charge in [0.05, 0.1) is 0 Å². The Morgan fingerprint density at radius 1 is 1.20 bits per heavy atom. The van der Waals surface area contributed by atoms with Crippen LogP contribution in [0.15, 0.2) is 30.5 Å². The highest BCUT2D eigenvalue weighted by Crippen LogP contribution is 2.23. The average Bonchev–Trinajstić information content (AvgIpc) is 2.78. The van der Waals surface area contributed by atoms with Gasteiger partial charge in [-0.05, 0) is 43.5 Å². The van der Waals surface area contributed by atoms with Crippen LogP contribution in [0, 0.1) is 5.92 Å². The van der Waals surface area contributed by atoms with E-state index in [4.69, 9.17) is 0 Å². The standard InChI is InChI=1S/C18H28N2/c1-4-8-15(3)13-20-14-16(11-12-19-5-2)17-9-6-7-10-18(17)20/h6-7,9-10,14-15,19H,4-5,8,11-13H2,1-3H3. The molecule has 1 N–H and O–H groups in total. The molecule has 0 amide bonds. The number of likely N-dealkylation sites (N-methyl/N-ethyl adjacent to an activating group) is 1. The van der Waals surface area contributed by atoms with E-state index < -0.39 is 0 Å². The van der Waals surface area contributed by atoms with Crippen LogP contribution in [0.5, 0.6) is 0 Å². The van der Waals surface area contributed by atoms with E-state index in [9.17, 15) is 0 Å². The van der Waals surface area contributed by atoms with E-state index in [0.29, 0.717) is 0 Å². The second kappa shape index (κ2) is 7.49. The van der Waals surface area contributed by atoms with Gasteiger partial charge in [-0.15, -0.1) is 0 Å². The topological polar surface area (TPSA) is 17.0 Å². The maximum absolute atomic E-state index is 3.42. The fourth-order valence-electron chi connectivity index (χ4n) is 2.99. The first kappa shape index (κ1) is 15.1. The SMILES string of the molecule is CCCC(C)Cn1cc(CCNCC)c2ccccc21. The van der Waals surface area contributed by atoms with Gasteiger partial charge in [-0.1, -0.05) is 45.4 Å². The minimum atomic E-state index is 0.748. The minimum absolute atomic E-state index is 0.748. The smallest absolute Gasteiger partial charge is 0.0483 e. The van der Waals surface area contributed by atoms with Crippen molar-refractivity contribution in [1.29, 1.82) is 0 Å². The predicted octanol–water partition coefficient (Wildman–Crippen LogP) is 4.23. The van der Waals surface area contributed by atoms with Gasteiger partial charge in [0.1, 0.15) is 0 Å². The van der Waals surface area contributed by atoms with Crippen molar-refractivity contribution in [1.82, 2.24) is 9.88 Å². The number of benzene rings is 1. The third-order valence-corrected chi connectivity index (χ3v) is 3.98. The maximum atomic E-state index is 3.42. The first-order valence-corrected chi connectivity index (χ1v) is 8.03. The lowest BCUT2D eigenvalue weighted by Gasteiger charge is -2.12. The summed E-state index contributed by atoms with van der Waals surface area (Å²) in [7, 11) is 0. The van der Waals surface area contributed by atoms with Crippen LogP contribution in [0.25, 0.3) is 10.9 Å². The van der Waals surface area contributed by atoms with Crippen molar-refractivity contribution in [3.63, 3.8) is 0 Å². The van der Waals surface area contributed by atoms with Crippen LogP contribution in [-0.4, -0.2) is 17.7 Å². The Bertz CT molecular complexity index is 527. The van der Waals surface area contributed by atoms with Crippen molar-refractivity contribution in [3.8, 4) is 0 Å². The van der Waals surface area contributed by atoms with E-state index in [2.05, 4.69) is 61.1 Å². The highest BCUT2D eigenvalue weighted by Gasteiger charge is 2.10. The van der Waals surface area contributed by atoms with Crippen molar-refractivity contribution >= 4 is 10.9 Å². The van der Waals surface area contributed by atoms with Crippen LogP contribution in [0.1, 0.15) is 39.2 Å². The first-order valence-electron chi connectivity index (χ1n) is 8.03. The molecule has 0 radical (unpaired) electrons. The average molecular weight is 272 g/mol. The van der Waals surface area contributed by atoms with Crippen molar-refractivity contribution in [3.05, 3.63) is 36.0 Å². The molecular weight excluding hydrogens is 244 g/mol. The monoisotopic (exact) mass is 272 g/mol. The molecule has 0 aliphatic heterocycles. The second-order valence-electron chi connectivity index (χ2n) is 5.82. The van der Waals surface area contributed by atoms with E-state index in [1.807, 2.05) is 0 Å². The molecule has 0 saturated heterocycles. The summed E-state index contributed by atoms with van der Waals surface area (Å²) in [6, 6.07) is 8.82. The van der Waals surface area contributed by atoms with Gasteiger partial charge in [0.2, 0.25) is 0 Å². The highest BCUT2D eigenvalue weighted by atomic mass is 15.0. The highest BCUT2D eigenvalue weighted by molar-refractivity contribution is 5.84. The van der Waals surface area contributed by atoms with Gasteiger partial charge in [0.15, 0.2) is 0 Å². The molecule has 0 fully saturated rings. The number of nitrogens with zero attached hydrogens (tertiary/aromatic N) is 1. The Morgan fingerprint density at radius 2 is 2.00 bits per heavy atom. The van der Waals surface area contributed by atoms with Crippen LogP contribution >= 0.6 is 0 Å². The Balaban J connectivity index is 2.21. The van der Waals surface area contributed by atoms with Crippen LogP contribution in [-0.2, 0) is 13.0 Å². The third kappa shape index (κ3) is 3.63. The van der Waals surface area contributed by atoms with Crippen molar-refractivity contribution in [2.24, 2.45) is 5.92 Å². The van der Waals surface area contributed by atoms with Gasteiger partial charge >= 0.3 is 0 Å². The number of aromatic nitrogens is 1. The summed E-state index contributed by atoms with van der Waals surface area (Å²) in [5, 5.41) is 4.85.